The van der Waals surface area contributed by atoms with Gasteiger partial charge in [-0.3, -0.25) is 14.5 Å². The Bertz CT molecular complexity index is 1390. The molecular weight excluding hydrogens is 514 g/mol. The highest BCUT2D eigenvalue weighted by Crippen LogP contribution is 2.40. The second kappa shape index (κ2) is 10.8. The minimum Gasteiger partial charge on any atom is -0.490 e. The van der Waals surface area contributed by atoms with Gasteiger partial charge in [-0.25, -0.2) is 0 Å². The Hall–Kier alpha value is -3.62. The number of hydrogen-bond acceptors (Lipinski definition) is 7. The molecule has 2 amide bonds. The zero-order valence-corrected chi connectivity index (χ0v) is 21.9. The molecule has 1 fully saturated rings. The Morgan fingerprint density at radius 2 is 1.76 bits per heavy atom. The van der Waals surface area contributed by atoms with Gasteiger partial charge in [0, 0.05) is 11.1 Å². The predicted octanol–water partition coefficient (Wildman–Crippen LogP) is 6.59. The van der Waals surface area contributed by atoms with Gasteiger partial charge in [0.25, 0.3) is 11.1 Å². The lowest BCUT2D eigenvalue weighted by molar-refractivity contribution is -0.123. The van der Waals surface area contributed by atoms with Gasteiger partial charge in [0.15, 0.2) is 23.0 Å². The Balaban J connectivity index is 1.32. The summed E-state index contributed by atoms with van der Waals surface area (Å²) < 4.78 is 22.5. The average molecular weight is 538 g/mol. The second-order valence-corrected chi connectivity index (χ2v) is 9.88. The maximum atomic E-state index is 13.1. The van der Waals surface area contributed by atoms with E-state index in [4.69, 9.17) is 30.5 Å². The minimum atomic E-state index is -0.388. The number of ether oxygens (including phenoxy) is 4. The predicted molar refractivity (Wildman–Crippen MR) is 142 cm³/mol. The van der Waals surface area contributed by atoms with Gasteiger partial charge in [-0.05, 0) is 66.6 Å². The van der Waals surface area contributed by atoms with Gasteiger partial charge in [-0.1, -0.05) is 47.5 Å². The highest BCUT2D eigenvalue weighted by molar-refractivity contribution is 8.18. The summed E-state index contributed by atoms with van der Waals surface area (Å²) in [5.41, 5.74) is 3.56. The van der Waals surface area contributed by atoms with Crippen molar-refractivity contribution in [3.63, 3.8) is 0 Å². The van der Waals surface area contributed by atoms with Crippen LogP contribution in [0.1, 0.15) is 29.2 Å². The summed E-state index contributed by atoms with van der Waals surface area (Å²) in [6, 6.07) is 16.9. The molecule has 3 aromatic carbocycles. The summed E-state index contributed by atoms with van der Waals surface area (Å²) >= 11 is 7.24. The first kappa shape index (κ1) is 25.0. The number of nitrogens with zero attached hydrogens (tertiary/aromatic N) is 1. The Labute approximate surface area is 223 Å². The summed E-state index contributed by atoms with van der Waals surface area (Å²) in [5, 5.41) is 0.0305. The number of thioether (sulfide) groups is 1. The number of carbonyl (C=O) groups excluding carboxylic acids is 2. The Morgan fingerprint density at radius 1 is 1.00 bits per heavy atom. The van der Waals surface area contributed by atoms with E-state index in [1.165, 1.54) is 10.5 Å². The van der Waals surface area contributed by atoms with Gasteiger partial charge in [-0.2, -0.15) is 0 Å². The third-order valence-electron chi connectivity index (χ3n) is 5.82. The van der Waals surface area contributed by atoms with Crippen molar-refractivity contribution in [2.24, 2.45) is 0 Å². The Morgan fingerprint density at radius 3 is 2.51 bits per heavy atom. The number of rotatable bonds is 8. The van der Waals surface area contributed by atoms with Crippen molar-refractivity contribution in [3.05, 3.63) is 86.8 Å². The van der Waals surface area contributed by atoms with Crippen molar-refractivity contribution in [1.82, 2.24) is 4.90 Å². The van der Waals surface area contributed by atoms with Crippen LogP contribution in [0.5, 0.6) is 23.0 Å². The van der Waals surface area contributed by atoms with E-state index in [0.29, 0.717) is 51.7 Å². The van der Waals surface area contributed by atoms with Crippen LogP contribution in [0.25, 0.3) is 6.08 Å². The molecule has 0 radical (unpaired) electrons. The molecule has 7 nitrogen and oxygen atoms in total. The molecular formula is C28H24ClNO6S. The van der Waals surface area contributed by atoms with Crippen LogP contribution in [0.15, 0.2) is 59.5 Å². The number of benzene rings is 3. The monoisotopic (exact) mass is 537 g/mol. The summed E-state index contributed by atoms with van der Waals surface area (Å²) in [6.45, 7) is 4.94. The topological polar surface area (TPSA) is 74.3 Å². The first-order chi connectivity index (χ1) is 17.9. The van der Waals surface area contributed by atoms with Crippen molar-refractivity contribution >= 4 is 40.6 Å². The van der Waals surface area contributed by atoms with Gasteiger partial charge >= 0.3 is 0 Å². The maximum absolute atomic E-state index is 13.1. The Kier molecular flexibility index (Phi) is 7.30. The molecule has 0 aliphatic carbocycles. The van der Waals surface area contributed by atoms with Crippen molar-refractivity contribution in [3.8, 4) is 23.0 Å². The summed E-state index contributed by atoms with van der Waals surface area (Å²) in [4.78, 5) is 27.3. The molecule has 2 aliphatic heterocycles. The number of fused-ring (bicyclic) bond motifs is 1. The lowest BCUT2D eigenvalue weighted by Crippen LogP contribution is -2.27. The molecule has 2 aliphatic rings. The van der Waals surface area contributed by atoms with Crippen molar-refractivity contribution in [2.75, 3.05) is 13.4 Å². The third kappa shape index (κ3) is 5.55. The molecule has 0 N–H and O–H groups in total. The summed E-state index contributed by atoms with van der Waals surface area (Å²) in [5.74, 6) is 1.86. The van der Waals surface area contributed by atoms with E-state index in [1.807, 2.05) is 50.2 Å². The third-order valence-corrected chi connectivity index (χ3v) is 7.08. The van der Waals surface area contributed by atoms with Crippen LogP contribution < -0.4 is 18.9 Å². The minimum absolute atomic E-state index is 0.0352. The van der Waals surface area contributed by atoms with Gasteiger partial charge in [0.2, 0.25) is 6.79 Å². The lowest BCUT2D eigenvalue weighted by Gasteiger charge is -2.14. The smallest absolute Gasteiger partial charge is 0.293 e. The van der Waals surface area contributed by atoms with E-state index in [0.717, 1.165) is 22.9 Å². The van der Waals surface area contributed by atoms with Crippen LogP contribution in [0.3, 0.4) is 0 Å². The second-order valence-electron chi connectivity index (χ2n) is 8.48. The fourth-order valence-corrected chi connectivity index (χ4v) is 4.94. The zero-order chi connectivity index (χ0) is 25.9. The van der Waals surface area contributed by atoms with Gasteiger partial charge in [-0.15, -0.1) is 0 Å². The van der Waals surface area contributed by atoms with Crippen LogP contribution in [0, 0.1) is 6.92 Å². The number of hydrogen-bond donors (Lipinski definition) is 0. The number of halogens is 1. The molecule has 190 valence electrons. The highest BCUT2D eigenvalue weighted by atomic mass is 35.5. The first-order valence-corrected chi connectivity index (χ1v) is 12.9. The van der Waals surface area contributed by atoms with E-state index in [9.17, 15) is 9.59 Å². The number of carbonyl (C=O) groups is 2. The normalized spacial score (nSPS) is 15.5. The molecule has 0 spiro atoms. The largest absolute Gasteiger partial charge is 0.490 e. The van der Waals surface area contributed by atoms with E-state index in [-0.39, 0.29) is 24.5 Å². The number of amides is 2. The van der Waals surface area contributed by atoms with Crippen LogP contribution in [0.4, 0.5) is 4.79 Å². The zero-order valence-electron chi connectivity index (χ0n) is 20.3. The van der Waals surface area contributed by atoms with Gasteiger partial charge < -0.3 is 18.9 Å². The van der Waals surface area contributed by atoms with Crippen molar-refractivity contribution in [2.45, 2.75) is 27.0 Å². The fourth-order valence-electron chi connectivity index (χ4n) is 3.89. The molecule has 0 saturated carbocycles. The van der Waals surface area contributed by atoms with Crippen LogP contribution in [-0.2, 0) is 17.9 Å². The summed E-state index contributed by atoms with van der Waals surface area (Å²) in [7, 11) is 0. The number of aryl methyl sites for hydroxylation is 1. The van der Waals surface area contributed by atoms with Crippen molar-refractivity contribution < 1.29 is 28.5 Å². The van der Waals surface area contributed by atoms with E-state index < -0.39 is 0 Å². The average Bonchev–Trinajstić information content (AvgIpc) is 3.44. The van der Waals surface area contributed by atoms with E-state index in [2.05, 4.69) is 0 Å². The SMILES string of the molecule is CCOc1cc(/C=C2\SC(=O)N(Cc3cc4c(cc3Cl)OCO4)C2=O)ccc1OCc1ccc(C)cc1. The maximum Gasteiger partial charge on any atom is 0.293 e. The molecule has 1 saturated heterocycles. The molecule has 5 rings (SSSR count). The molecule has 0 atom stereocenters. The molecule has 0 bridgehead atoms. The lowest BCUT2D eigenvalue weighted by atomic mass is 10.1. The highest BCUT2D eigenvalue weighted by Gasteiger charge is 2.35. The van der Waals surface area contributed by atoms with Crippen molar-refractivity contribution in [1.29, 1.82) is 0 Å². The molecule has 0 unspecified atom stereocenters. The molecule has 37 heavy (non-hydrogen) atoms. The summed E-state index contributed by atoms with van der Waals surface area (Å²) in [6.07, 6.45) is 1.68. The molecule has 9 heteroatoms. The van der Waals surface area contributed by atoms with E-state index >= 15 is 0 Å². The van der Waals surface area contributed by atoms with Crippen LogP contribution >= 0.6 is 23.4 Å². The van der Waals surface area contributed by atoms with Crippen LogP contribution in [0.2, 0.25) is 5.02 Å². The fraction of sp³-hybridized carbons (Fsp3) is 0.214. The molecule has 3 aromatic rings. The van der Waals surface area contributed by atoms with Gasteiger partial charge in [0.1, 0.15) is 6.61 Å². The first-order valence-electron chi connectivity index (χ1n) is 11.7. The standard InChI is InChI=1S/C28H24ClNO6S/c1-3-33-23-10-19(8-9-22(23)34-15-18-6-4-17(2)5-7-18)11-26-27(31)30(28(32)37-26)14-20-12-24-25(13-21(20)29)36-16-35-24/h4-13H,3,14-16H2,1-2H3/b26-11-. The quantitative estimate of drug-likeness (QED) is 0.300. The molecule has 2 heterocycles. The number of imide groups is 1. The van der Waals surface area contributed by atoms with E-state index in [1.54, 1.807) is 24.3 Å². The molecule has 0 aromatic heterocycles. The van der Waals surface area contributed by atoms with Crippen LogP contribution in [-0.4, -0.2) is 29.4 Å². The van der Waals surface area contributed by atoms with Gasteiger partial charge in [0.05, 0.1) is 18.1 Å².